The minimum atomic E-state index is -4.36. The van der Waals surface area contributed by atoms with Crippen LogP contribution < -0.4 is 5.32 Å². The van der Waals surface area contributed by atoms with Crippen LogP contribution in [0.1, 0.15) is 155 Å². The molecule has 0 aliphatic heterocycles. The predicted octanol–water partition coefficient (Wildman–Crippen LogP) is 10.6. The van der Waals surface area contributed by atoms with Crippen LogP contribution in [-0.2, 0) is 32.7 Å². The molecule has 0 aromatic heterocycles. The second-order valence-electron chi connectivity index (χ2n) is 12.8. The van der Waals surface area contributed by atoms with Gasteiger partial charge in [-0.25, -0.2) is 4.57 Å². The van der Waals surface area contributed by atoms with Crippen molar-refractivity contribution in [3.63, 3.8) is 0 Å². The van der Waals surface area contributed by atoms with Crippen molar-refractivity contribution < 1.29 is 37.6 Å². The Morgan fingerprint density at radius 1 is 0.620 bits per heavy atom. The second-order valence-corrected chi connectivity index (χ2v) is 14.2. The van der Waals surface area contributed by atoms with Crippen molar-refractivity contribution in [1.29, 1.82) is 0 Å². The van der Waals surface area contributed by atoms with E-state index >= 15 is 0 Å². The molecule has 9 nitrogen and oxygen atoms in total. The molecule has 0 amide bonds. The Balaban J connectivity index is 4.38. The van der Waals surface area contributed by atoms with E-state index in [4.69, 9.17) is 18.5 Å². The highest BCUT2D eigenvalue weighted by atomic mass is 31.2. The van der Waals surface area contributed by atoms with Crippen molar-refractivity contribution in [2.75, 3.05) is 33.4 Å². The summed E-state index contributed by atoms with van der Waals surface area (Å²) < 4.78 is 33.0. The quantitative estimate of drug-likeness (QED) is 0.0281. The van der Waals surface area contributed by atoms with E-state index in [1.807, 2.05) is 0 Å². The lowest BCUT2D eigenvalue weighted by molar-refractivity contribution is -0.161. The van der Waals surface area contributed by atoms with E-state index in [-0.39, 0.29) is 26.1 Å². The first-order chi connectivity index (χ1) is 24.3. The SMILES string of the molecule is CCCCC/C=C\C/C=C\C/C=C\CCCCC(=O)OC(COC(=O)CCCCCCC/C=C\CCCCCC)COP(=O)(O)OCCNC. The predicted molar refractivity (Wildman–Crippen MR) is 206 cm³/mol. The van der Waals surface area contributed by atoms with Crippen molar-refractivity contribution >= 4 is 19.8 Å². The Kier molecular flexibility index (Phi) is 35.3. The summed E-state index contributed by atoms with van der Waals surface area (Å²) in [5, 5.41) is 2.81. The van der Waals surface area contributed by atoms with Crippen LogP contribution in [0, 0.1) is 0 Å². The van der Waals surface area contributed by atoms with Crippen LogP contribution in [-0.4, -0.2) is 56.3 Å². The van der Waals surface area contributed by atoms with Gasteiger partial charge in [0.15, 0.2) is 6.10 Å². The number of hydrogen-bond acceptors (Lipinski definition) is 8. The zero-order valence-corrected chi connectivity index (χ0v) is 32.7. The van der Waals surface area contributed by atoms with Gasteiger partial charge in [-0.2, -0.15) is 0 Å². The molecular formula is C40H72NO8P. The number of hydrogen-bond donors (Lipinski definition) is 2. The van der Waals surface area contributed by atoms with Crippen molar-refractivity contribution in [3.05, 3.63) is 48.6 Å². The molecule has 2 N–H and O–H groups in total. The number of ether oxygens (including phenoxy) is 2. The number of unbranched alkanes of at least 4 members (excludes halogenated alkanes) is 14. The summed E-state index contributed by atoms with van der Waals surface area (Å²) in [7, 11) is -2.67. The number of carbonyl (C=O) groups is 2. The number of phosphoric acid groups is 1. The Morgan fingerprint density at radius 2 is 1.08 bits per heavy atom. The molecule has 2 unspecified atom stereocenters. The second kappa shape index (κ2) is 36.8. The van der Waals surface area contributed by atoms with Crippen molar-refractivity contribution in [1.82, 2.24) is 5.32 Å². The van der Waals surface area contributed by atoms with Crippen molar-refractivity contribution in [2.24, 2.45) is 0 Å². The Bertz CT molecular complexity index is 965. The number of carbonyl (C=O) groups excluding carboxylic acids is 2. The summed E-state index contributed by atoms with van der Waals surface area (Å²) in [6, 6.07) is 0. The lowest BCUT2D eigenvalue weighted by Crippen LogP contribution is -2.29. The van der Waals surface area contributed by atoms with Gasteiger partial charge in [0.05, 0.1) is 13.2 Å². The van der Waals surface area contributed by atoms with E-state index < -0.39 is 32.5 Å². The van der Waals surface area contributed by atoms with Crippen LogP contribution in [0.4, 0.5) is 0 Å². The minimum absolute atomic E-state index is 0.0270. The lowest BCUT2D eigenvalue weighted by atomic mass is 10.1. The highest BCUT2D eigenvalue weighted by molar-refractivity contribution is 7.47. The Morgan fingerprint density at radius 3 is 1.70 bits per heavy atom. The molecule has 290 valence electrons. The largest absolute Gasteiger partial charge is 0.472 e. The monoisotopic (exact) mass is 725 g/mol. The van der Waals surface area contributed by atoms with Gasteiger partial charge in [-0.1, -0.05) is 114 Å². The van der Waals surface area contributed by atoms with E-state index in [1.165, 1.54) is 51.4 Å². The summed E-state index contributed by atoms with van der Waals surface area (Å²) in [6.07, 6.45) is 38.7. The number of likely N-dealkylation sites (N-methyl/N-ethyl adjacent to an activating group) is 1. The Labute approximate surface area is 305 Å². The molecule has 0 fully saturated rings. The summed E-state index contributed by atoms with van der Waals surface area (Å²) >= 11 is 0. The van der Waals surface area contributed by atoms with Crippen molar-refractivity contribution in [2.45, 2.75) is 161 Å². The molecule has 0 saturated carbocycles. The fourth-order valence-corrected chi connectivity index (χ4v) is 5.66. The molecule has 0 radical (unpaired) electrons. The normalized spacial score (nSPS) is 13.9. The van der Waals surface area contributed by atoms with Crippen LogP contribution >= 0.6 is 7.82 Å². The number of allylic oxidation sites excluding steroid dienone is 8. The molecule has 0 aromatic carbocycles. The molecular weight excluding hydrogens is 653 g/mol. The Hall–Kier alpha value is -2.03. The van der Waals surface area contributed by atoms with Gasteiger partial charge < -0.3 is 19.7 Å². The average Bonchev–Trinajstić information content (AvgIpc) is 3.09. The van der Waals surface area contributed by atoms with Crippen LogP contribution in [0.3, 0.4) is 0 Å². The van der Waals surface area contributed by atoms with E-state index in [9.17, 15) is 19.0 Å². The maximum absolute atomic E-state index is 12.5. The van der Waals surface area contributed by atoms with Gasteiger partial charge in [0.25, 0.3) is 0 Å². The molecule has 0 aromatic rings. The average molecular weight is 726 g/mol. The molecule has 0 rings (SSSR count). The maximum atomic E-state index is 12.5. The first-order valence-electron chi connectivity index (χ1n) is 19.6. The van der Waals surface area contributed by atoms with E-state index in [0.29, 0.717) is 13.0 Å². The molecule has 0 heterocycles. The van der Waals surface area contributed by atoms with Crippen molar-refractivity contribution in [3.8, 4) is 0 Å². The summed E-state index contributed by atoms with van der Waals surface area (Å²) in [6.45, 7) is 4.10. The number of phosphoric ester groups is 1. The number of esters is 2. The standard InChI is InChI=1S/C40H72NO8P/c1-4-6-8-10-12-14-16-18-19-21-23-25-27-29-31-33-40(43)49-38(37-48-50(44,45)47-35-34-41-3)36-46-39(42)32-30-28-26-24-22-20-17-15-13-11-9-7-5-2/h12,14-15,17-19,23,25,38,41H,4-11,13,16,20-22,24,26-37H2,1-3H3,(H,44,45)/b14-12-,17-15-,19-18-,25-23-. The molecule has 50 heavy (non-hydrogen) atoms. The van der Waals surface area contributed by atoms with Gasteiger partial charge >= 0.3 is 19.8 Å². The zero-order valence-electron chi connectivity index (χ0n) is 31.8. The fraction of sp³-hybridized carbons (Fsp3) is 0.750. The van der Waals surface area contributed by atoms with E-state index in [1.54, 1.807) is 7.05 Å². The smallest absolute Gasteiger partial charge is 0.462 e. The third-order valence-corrected chi connectivity index (χ3v) is 8.91. The van der Waals surface area contributed by atoms with E-state index in [0.717, 1.165) is 70.6 Å². The van der Waals surface area contributed by atoms with Gasteiger partial charge in [0, 0.05) is 19.4 Å². The third-order valence-electron chi connectivity index (χ3n) is 7.92. The summed E-state index contributed by atoms with van der Waals surface area (Å²) in [5.41, 5.74) is 0. The lowest BCUT2D eigenvalue weighted by Gasteiger charge is -2.20. The van der Waals surface area contributed by atoms with Crippen LogP contribution in [0.5, 0.6) is 0 Å². The van der Waals surface area contributed by atoms with Crippen LogP contribution in [0.15, 0.2) is 48.6 Å². The topological polar surface area (TPSA) is 120 Å². The molecule has 0 aliphatic rings. The van der Waals surface area contributed by atoms with Gasteiger partial charge in [-0.15, -0.1) is 0 Å². The highest BCUT2D eigenvalue weighted by Crippen LogP contribution is 2.43. The highest BCUT2D eigenvalue weighted by Gasteiger charge is 2.26. The van der Waals surface area contributed by atoms with Crippen LogP contribution in [0.25, 0.3) is 0 Å². The van der Waals surface area contributed by atoms with Gasteiger partial charge in [0.2, 0.25) is 0 Å². The maximum Gasteiger partial charge on any atom is 0.472 e. The minimum Gasteiger partial charge on any atom is -0.462 e. The molecule has 0 saturated heterocycles. The molecule has 0 spiro atoms. The number of nitrogens with one attached hydrogen (secondary N) is 1. The summed E-state index contributed by atoms with van der Waals surface area (Å²) in [4.78, 5) is 34.9. The first kappa shape index (κ1) is 48.0. The van der Waals surface area contributed by atoms with E-state index in [2.05, 4.69) is 67.8 Å². The van der Waals surface area contributed by atoms with Gasteiger partial charge in [0.1, 0.15) is 6.61 Å². The summed E-state index contributed by atoms with van der Waals surface area (Å²) in [5.74, 6) is -0.866. The third kappa shape index (κ3) is 35.8. The van der Waals surface area contributed by atoms with Gasteiger partial charge in [-0.3, -0.25) is 18.6 Å². The molecule has 10 heteroatoms. The fourth-order valence-electron chi connectivity index (χ4n) is 4.90. The van der Waals surface area contributed by atoms with Crippen LogP contribution in [0.2, 0.25) is 0 Å². The molecule has 0 bridgehead atoms. The first-order valence-corrected chi connectivity index (χ1v) is 21.1. The van der Waals surface area contributed by atoms with Gasteiger partial charge in [-0.05, 0) is 84.1 Å². The number of rotatable bonds is 36. The molecule has 0 aliphatic carbocycles. The molecule has 2 atom stereocenters. The zero-order chi connectivity index (χ0) is 36.8.